The topological polar surface area (TPSA) is 37.4 Å². The largest absolute Gasteiger partial charge is 0.219 e. The molecule has 0 spiro atoms. The molecular formula is C12H25NO2S. The van der Waals surface area contributed by atoms with Crippen molar-refractivity contribution in [2.24, 2.45) is 0 Å². The van der Waals surface area contributed by atoms with Crippen molar-refractivity contribution in [1.29, 1.82) is 0 Å². The minimum Gasteiger partial charge on any atom is -0.212 e. The second-order valence-electron chi connectivity index (χ2n) is 5.82. The van der Waals surface area contributed by atoms with Gasteiger partial charge in [0, 0.05) is 12.1 Å². The molecule has 1 rings (SSSR count). The van der Waals surface area contributed by atoms with Crippen molar-refractivity contribution >= 4 is 10.0 Å². The van der Waals surface area contributed by atoms with E-state index in [0.717, 1.165) is 25.7 Å². The van der Waals surface area contributed by atoms with E-state index in [1.165, 1.54) is 0 Å². The quantitative estimate of drug-likeness (QED) is 0.749. The Morgan fingerprint density at radius 1 is 1.31 bits per heavy atom. The highest BCUT2D eigenvalue weighted by Crippen LogP contribution is 2.36. The smallest absolute Gasteiger partial charge is 0.212 e. The summed E-state index contributed by atoms with van der Waals surface area (Å²) >= 11 is 0. The van der Waals surface area contributed by atoms with E-state index in [4.69, 9.17) is 0 Å². The average Bonchev–Trinajstić information content (AvgIpc) is 2.86. The monoisotopic (exact) mass is 247 g/mol. The highest BCUT2D eigenvalue weighted by atomic mass is 32.2. The zero-order valence-electron chi connectivity index (χ0n) is 11.2. The third-order valence-electron chi connectivity index (χ3n) is 3.10. The van der Waals surface area contributed by atoms with Gasteiger partial charge >= 0.3 is 0 Å². The van der Waals surface area contributed by atoms with E-state index in [1.807, 2.05) is 6.92 Å². The van der Waals surface area contributed by atoms with Gasteiger partial charge in [-0.05, 0) is 47.0 Å². The molecular weight excluding hydrogens is 222 g/mol. The zero-order valence-corrected chi connectivity index (χ0v) is 12.0. The van der Waals surface area contributed by atoms with Crippen LogP contribution >= 0.6 is 0 Å². The number of rotatable bonds is 5. The average molecular weight is 247 g/mol. The fourth-order valence-electron chi connectivity index (χ4n) is 1.98. The van der Waals surface area contributed by atoms with Gasteiger partial charge in [0.15, 0.2) is 0 Å². The van der Waals surface area contributed by atoms with E-state index >= 15 is 0 Å². The Labute approximate surface area is 100 Å². The summed E-state index contributed by atoms with van der Waals surface area (Å²) < 4.78 is 26.0. The number of sulfonamides is 1. The molecule has 16 heavy (non-hydrogen) atoms. The van der Waals surface area contributed by atoms with E-state index in [9.17, 15) is 8.42 Å². The molecule has 0 saturated heterocycles. The normalized spacial score (nSPS) is 20.1. The standard InChI is InChI=1S/C12H25NO2S/c1-6-7-10(2)13(11-8-9-11)16(14,15)12(3,4)5/h10-11H,6-9H2,1-5H3/t10-/m0/s1. The second-order valence-corrected chi connectivity index (χ2v) is 8.41. The molecule has 0 unspecified atom stereocenters. The van der Waals surface area contributed by atoms with E-state index in [-0.39, 0.29) is 12.1 Å². The molecule has 96 valence electrons. The molecule has 0 N–H and O–H groups in total. The van der Waals surface area contributed by atoms with E-state index < -0.39 is 14.8 Å². The molecule has 1 aliphatic carbocycles. The van der Waals surface area contributed by atoms with Gasteiger partial charge in [-0.3, -0.25) is 0 Å². The van der Waals surface area contributed by atoms with Crippen molar-refractivity contribution in [3.63, 3.8) is 0 Å². The van der Waals surface area contributed by atoms with Crippen LogP contribution < -0.4 is 0 Å². The van der Waals surface area contributed by atoms with Gasteiger partial charge in [0.2, 0.25) is 10.0 Å². The maximum Gasteiger partial charge on any atom is 0.219 e. The van der Waals surface area contributed by atoms with Crippen molar-refractivity contribution in [3.05, 3.63) is 0 Å². The third-order valence-corrected chi connectivity index (χ3v) is 5.86. The molecule has 0 aromatic carbocycles. The summed E-state index contributed by atoms with van der Waals surface area (Å²) in [4.78, 5) is 0. The maximum atomic E-state index is 12.5. The second kappa shape index (κ2) is 4.65. The van der Waals surface area contributed by atoms with E-state index in [1.54, 1.807) is 25.1 Å². The summed E-state index contributed by atoms with van der Waals surface area (Å²) in [5, 5.41) is 0. The molecule has 0 amide bonds. The van der Waals surface area contributed by atoms with Crippen LogP contribution in [-0.2, 0) is 10.0 Å². The van der Waals surface area contributed by atoms with Gasteiger partial charge in [0.05, 0.1) is 4.75 Å². The summed E-state index contributed by atoms with van der Waals surface area (Å²) in [6, 6.07) is 0.410. The first-order valence-corrected chi connectivity index (χ1v) is 7.69. The van der Waals surface area contributed by atoms with Gasteiger partial charge in [0.1, 0.15) is 0 Å². The number of nitrogens with zero attached hydrogens (tertiary/aromatic N) is 1. The van der Waals surface area contributed by atoms with Gasteiger partial charge in [-0.15, -0.1) is 0 Å². The number of hydrogen-bond acceptors (Lipinski definition) is 2. The van der Waals surface area contributed by atoms with Crippen LogP contribution in [-0.4, -0.2) is 29.6 Å². The lowest BCUT2D eigenvalue weighted by Crippen LogP contribution is -2.48. The molecule has 0 aliphatic heterocycles. The van der Waals surface area contributed by atoms with Gasteiger partial charge in [0.25, 0.3) is 0 Å². The first-order chi connectivity index (χ1) is 7.21. The number of hydrogen-bond donors (Lipinski definition) is 0. The molecule has 0 heterocycles. The molecule has 1 atom stereocenters. The van der Waals surface area contributed by atoms with Crippen LogP contribution in [0.2, 0.25) is 0 Å². The molecule has 3 nitrogen and oxygen atoms in total. The lowest BCUT2D eigenvalue weighted by molar-refractivity contribution is 0.303. The molecule has 0 bridgehead atoms. The van der Waals surface area contributed by atoms with Gasteiger partial charge < -0.3 is 0 Å². The molecule has 1 fully saturated rings. The van der Waals surface area contributed by atoms with Crippen LogP contribution in [0.3, 0.4) is 0 Å². The van der Waals surface area contributed by atoms with Gasteiger partial charge in [-0.2, -0.15) is 4.31 Å². The predicted octanol–water partition coefficient (Wildman–Crippen LogP) is 2.77. The zero-order chi connectivity index (χ0) is 12.6. The fraction of sp³-hybridized carbons (Fsp3) is 1.00. The van der Waals surface area contributed by atoms with Crippen LogP contribution in [0.15, 0.2) is 0 Å². The summed E-state index contributed by atoms with van der Waals surface area (Å²) in [5.74, 6) is 0. The first-order valence-electron chi connectivity index (χ1n) is 6.25. The Hall–Kier alpha value is -0.0900. The lowest BCUT2D eigenvalue weighted by atomic mass is 10.2. The molecule has 4 heteroatoms. The van der Waals surface area contributed by atoms with Crippen LogP contribution in [0.25, 0.3) is 0 Å². The first kappa shape index (κ1) is 14.0. The Morgan fingerprint density at radius 3 is 2.12 bits per heavy atom. The summed E-state index contributed by atoms with van der Waals surface area (Å²) in [7, 11) is -3.16. The van der Waals surface area contributed by atoms with Crippen molar-refractivity contribution in [2.45, 2.75) is 77.1 Å². The third kappa shape index (κ3) is 2.77. The van der Waals surface area contributed by atoms with E-state index in [0.29, 0.717) is 0 Å². The molecule has 0 aromatic rings. The SMILES string of the molecule is CCC[C@H](C)N(C1CC1)S(=O)(=O)C(C)(C)C. The van der Waals surface area contributed by atoms with E-state index in [2.05, 4.69) is 6.92 Å². The van der Waals surface area contributed by atoms with Crippen molar-refractivity contribution in [1.82, 2.24) is 4.31 Å². The highest BCUT2D eigenvalue weighted by Gasteiger charge is 2.45. The Morgan fingerprint density at radius 2 is 1.81 bits per heavy atom. The Balaban J connectivity index is 2.94. The summed E-state index contributed by atoms with van der Waals surface area (Å²) in [6.07, 6.45) is 4.04. The van der Waals surface area contributed by atoms with Crippen molar-refractivity contribution in [2.75, 3.05) is 0 Å². The van der Waals surface area contributed by atoms with Gasteiger partial charge in [-0.1, -0.05) is 13.3 Å². The minimum atomic E-state index is -3.16. The molecule has 0 radical (unpaired) electrons. The summed E-state index contributed by atoms with van der Waals surface area (Å²) in [6.45, 7) is 9.50. The van der Waals surface area contributed by atoms with Crippen LogP contribution in [0.4, 0.5) is 0 Å². The van der Waals surface area contributed by atoms with Crippen molar-refractivity contribution in [3.8, 4) is 0 Å². The maximum absolute atomic E-state index is 12.5. The molecule has 0 aromatic heterocycles. The minimum absolute atomic E-state index is 0.140. The van der Waals surface area contributed by atoms with Crippen LogP contribution in [0.5, 0.6) is 0 Å². The van der Waals surface area contributed by atoms with Crippen molar-refractivity contribution < 1.29 is 8.42 Å². The van der Waals surface area contributed by atoms with Crippen LogP contribution in [0, 0.1) is 0 Å². The molecule has 1 saturated carbocycles. The predicted molar refractivity (Wildman–Crippen MR) is 67.9 cm³/mol. The highest BCUT2D eigenvalue weighted by molar-refractivity contribution is 7.90. The molecule has 1 aliphatic rings. The fourth-order valence-corrected chi connectivity index (χ4v) is 3.80. The van der Waals surface area contributed by atoms with Gasteiger partial charge in [-0.25, -0.2) is 8.42 Å². The summed E-state index contributed by atoms with van der Waals surface area (Å²) in [5.41, 5.74) is 0. The lowest BCUT2D eigenvalue weighted by Gasteiger charge is -2.34. The Bertz CT molecular complexity index is 325. The Kier molecular flexibility index (Phi) is 4.06. The van der Waals surface area contributed by atoms with Crippen LogP contribution in [0.1, 0.15) is 60.3 Å².